The van der Waals surface area contributed by atoms with E-state index in [4.69, 9.17) is 4.74 Å². The lowest BCUT2D eigenvalue weighted by Crippen LogP contribution is -2.38. The molecule has 1 fully saturated rings. The Labute approximate surface area is 161 Å². The number of sulfone groups is 1. The van der Waals surface area contributed by atoms with Crippen LogP contribution in [0.4, 0.5) is 5.82 Å². The minimum Gasteiger partial charge on any atom is -0.378 e. The largest absolute Gasteiger partial charge is 0.378 e. The van der Waals surface area contributed by atoms with Gasteiger partial charge in [0.15, 0.2) is 9.84 Å². The topological polar surface area (TPSA) is 75.6 Å². The second kappa shape index (κ2) is 8.50. The van der Waals surface area contributed by atoms with Crippen molar-refractivity contribution in [3.8, 4) is 0 Å². The number of hydrogen-bond donors (Lipinski definition) is 0. The minimum atomic E-state index is -3.27. The fourth-order valence-electron chi connectivity index (χ4n) is 3.37. The Balaban J connectivity index is 1.68. The molecule has 27 heavy (non-hydrogen) atoms. The van der Waals surface area contributed by atoms with Gasteiger partial charge >= 0.3 is 0 Å². The van der Waals surface area contributed by atoms with Crippen molar-refractivity contribution in [3.05, 3.63) is 24.5 Å². The molecule has 148 valence electrons. The Bertz CT molecular complexity index is 878. The van der Waals surface area contributed by atoms with Crippen molar-refractivity contribution in [1.29, 1.82) is 0 Å². The molecule has 0 amide bonds. The van der Waals surface area contributed by atoms with Crippen LogP contribution in [0.3, 0.4) is 0 Å². The van der Waals surface area contributed by atoms with Gasteiger partial charge in [0.2, 0.25) is 0 Å². The van der Waals surface area contributed by atoms with Gasteiger partial charge in [-0.2, -0.15) is 0 Å². The molecule has 2 heterocycles. The summed E-state index contributed by atoms with van der Waals surface area (Å²) in [7, 11) is 0.871. The van der Waals surface area contributed by atoms with E-state index >= 15 is 0 Å². The van der Waals surface area contributed by atoms with Crippen LogP contribution in [0.5, 0.6) is 0 Å². The third-order valence-corrected chi connectivity index (χ3v) is 5.97. The van der Waals surface area contributed by atoms with Crippen molar-refractivity contribution in [2.45, 2.75) is 30.3 Å². The number of nitrogens with zero attached hydrogens (tertiary/aromatic N) is 4. The molecule has 7 nitrogen and oxygen atoms in total. The maximum absolute atomic E-state index is 11.9. The third kappa shape index (κ3) is 5.15. The van der Waals surface area contributed by atoms with Gasteiger partial charge in [-0.05, 0) is 58.1 Å². The Morgan fingerprint density at radius 1 is 1.22 bits per heavy atom. The summed E-state index contributed by atoms with van der Waals surface area (Å²) >= 11 is 0. The van der Waals surface area contributed by atoms with Crippen LogP contribution in [0.15, 0.2) is 29.4 Å². The quantitative estimate of drug-likeness (QED) is 0.667. The fourth-order valence-corrected chi connectivity index (χ4v) is 4.02. The molecule has 0 unspecified atom stereocenters. The molecule has 0 radical (unpaired) electrons. The number of anilines is 1. The average Bonchev–Trinajstić information content (AvgIpc) is 2.64. The van der Waals surface area contributed by atoms with Crippen molar-refractivity contribution in [1.82, 2.24) is 14.9 Å². The Morgan fingerprint density at radius 2 is 1.96 bits per heavy atom. The molecule has 1 aromatic carbocycles. The van der Waals surface area contributed by atoms with Gasteiger partial charge < -0.3 is 14.5 Å². The Morgan fingerprint density at radius 3 is 2.63 bits per heavy atom. The van der Waals surface area contributed by atoms with Crippen LogP contribution in [-0.4, -0.2) is 76.0 Å². The molecule has 1 aromatic heterocycles. The summed E-state index contributed by atoms with van der Waals surface area (Å²) < 4.78 is 29.8. The predicted octanol–water partition coefficient (Wildman–Crippen LogP) is 1.97. The number of piperidine rings is 1. The van der Waals surface area contributed by atoms with Crippen molar-refractivity contribution in [2.24, 2.45) is 0 Å². The van der Waals surface area contributed by atoms with Crippen LogP contribution in [0.2, 0.25) is 0 Å². The number of hydrogen-bond acceptors (Lipinski definition) is 7. The predicted molar refractivity (Wildman–Crippen MR) is 107 cm³/mol. The van der Waals surface area contributed by atoms with Gasteiger partial charge in [-0.25, -0.2) is 18.4 Å². The standard InChI is InChI=1S/C19H28N4O3S/c1-22(2)9-4-12-26-15-7-10-23(11-8-15)19-17-13-16(27(3,24)25)5-6-18(17)20-14-21-19/h5-6,13-15H,4,7-12H2,1-3H3. The van der Waals surface area contributed by atoms with E-state index in [2.05, 4.69) is 33.9 Å². The summed E-state index contributed by atoms with van der Waals surface area (Å²) in [4.78, 5) is 13.4. The number of ether oxygens (including phenoxy) is 1. The molecule has 1 aliphatic rings. The van der Waals surface area contributed by atoms with Crippen molar-refractivity contribution in [2.75, 3.05) is 51.5 Å². The summed E-state index contributed by atoms with van der Waals surface area (Å²) in [5.41, 5.74) is 0.759. The Hall–Kier alpha value is -1.77. The van der Waals surface area contributed by atoms with Crippen molar-refractivity contribution in [3.63, 3.8) is 0 Å². The first kappa shape index (κ1) is 20.0. The maximum atomic E-state index is 11.9. The highest BCUT2D eigenvalue weighted by atomic mass is 32.2. The first-order valence-electron chi connectivity index (χ1n) is 9.30. The smallest absolute Gasteiger partial charge is 0.175 e. The summed E-state index contributed by atoms with van der Waals surface area (Å²) in [6, 6.07) is 5.03. The first-order chi connectivity index (χ1) is 12.8. The summed E-state index contributed by atoms with van der Waals surface area (Å²) in [5.74, 6) is 0.802. The van der Waals surface area contributed by atoms with Crippen LogP contribution in [0, 0.1) is 0 Å². The summed E-state index contributed by atoms with van der Waals surface area (Å²) in [6.45, 7) is 3.51. The van der Waals surface area contributed by atoms with E-state index < -0.39 is 9.84 Å². The number of fused-ring (bicyclic) bond motifs is 1. The number of benzene rings is 1. The zero-order valence-corrected chi connectivity index (χ0v) is 17.1. The van der Waals surface area contributed by atoms with Gasteiger partial charge in [0.05, 0.1) is 16.5 Å². The molecule has 0 bridgehead atoms. The molecule has 0 atom stereocenters. The van der Waals surface area contributed by atoms with Crippen molar-refractivity contribution >= 4 is 26.6 Å². The number of aromatic nitrogens is 2. The van der Waals surface area contributed by atoms with E-state index in [1.165, 1.54) is 6.26 Å². The molecule has 8 heteroatoms. The molecule has 0 aliphatic carbocycles. The van der Waals surface area contributed by atoms with E-state index in [9.17, 15) is 8.42 Å². The molecule has 2 aromatic rings. The van der Waals surface area contributed by atoms with Crippen LogP contribution in [-0.2, 0) is 14.6 Å². The molecular weight excluding hydrogens is 364 g/mol. The average molecular weight is 393 g/mol. The van der Waals surface area contributed by atoms with Gasteiger partial charge in [0.25, 0.3) is 0 Å². The Kier molecular flexibility index (Phi) is 6.29. The van der Waals surface area contributed by atoms with Gasteiger partial charge in [0.1, 0.15) is 12.1 Å². The van der Waals surface area contributed by atoms with Gasteiger partial charge in [-0.1, -0.05) is 0 Å². The second-order valence-electron chi connectivity index (χ2n) is 7.36. The highest BCUT2D eigenvalue weighted by Gasteiger charge is 2.22. The molecule has 0 spiro atoms. The highest BCUT2D eigenvalue weighted by Crippen LogP contribution is 2.28. The molecular formula is C19H28N4O3S. The zero-order valence-electron chi connectivity index (χ0n) is 16.3. The van der Waals surface area contributed by atoms with Gasteiger partial charge in [-0.3, -0.25) is 0 Å². The molecule has 1 saturated heterocycles. The molecule has 0 N–H and O–H groups in total. The van der Waals surface area contributed by atoms with E-state index in [0.29, 0.717) is 4.90 Å². The van der Waals surface area contributed by atoms with Gasteiger partial charge in [0, 0.05) is 31.3 Å². The number of rotatable bonds is 7. The van der Waals surface area contributed by atoms with E-state index in [0.717, 1.165) is 62.2 Å². The highest BCUT2D eigenvalue weighted by molar-refractivity contribution is 7.90. The third-order valence-electron chi connectivity index (χ3n) is 4.86. The first-order valence-corrected chi connectivity index (χ1v) is 11.2. The lowest BCUT2D eigenvalue weighted by molar-refractivity contribution is 0.0332. The zero-order chi connectivity index (χ0) is 19.4. The fraction of sp³-hybridized carbons (Fsp3) is 0.579. The molecule has 1 aliphatic heterocycles. The van der Waals surface area contributed by atoms with E-state index in [1.54, 1.807) is 24.5 Å². The van der Waals surface area contributed by atoms with Crippen LogP contribution in [0.25, 0.3) is 10.9 Å². The molecule has 3 rings (SSSR count). The SMILES string of the molecule is CN(C)CCCOC1CCN(c2ncnc3ccc(S(C)(=O)=O)cc23)CC1. The van der Waals surface area contributed by atoms with Crippen LogP contribution >= 0.6 is 0 Å². The van der Waals surface area contributed by atoms with Gasteiger partial charge in [-0.15, -0.1) is 0 Å². The van der Waals surface area contributed by atoms with Crippen LogP contribution in [0.1, 0.15) is 19.3 Å². The normalized spacial score (nSPS) is 16.4. The maximum Gasteiger partial charge on any atom is 0.175 e. The monoisotopic (exact) mass is 392 g/mol. The van der Waals surface area contributed by atoms with E-state index in [1.807, 2.05) is 0 Å². The lowest BCUT2D eigenvalue weighted by atomic mass is 10.1. The lowest BCUT2D eigenvalue weighted by Gasteiger charge is -2.33. The minimum absolute atomic E-state index is 0.281. The second-order valence-corrected chi connectivity index (χ2v) is 9.38. The van der Waals surface area contributed by atoms with E-state index in [-0.39, 0.29) is 6.10 Å². The molecule has 0 saturated carbocycles. The summed E-state index contributed by atoms with van der Waals surface area (Å²) in [5, 5.41) is 0.783. The van der Waals surface area contributed by atoms with Crippen molar-refractivity contribution < 1.29 is 13.2 Å². The van der Waals surface area contributed by atoms with Crippen LogP contribution < -0.4 is 4.90 Å². The summed E-state index contributed by atoms with van der Waals surface area (Å²) in [6.07, 6.45) is 5.97.